The Morgan fingerprint density at radius 3 is 2.60 bits per heavy atom. The highest BCUT2D eigenvalue weighted by atomic mass is 35.5. The summed E-state index contributed by atoms with van der Waals surface area (Å²) >= 11 is 7.43. The summed E-state index contributed by atoms with van der Waals surface area (Å²) in [7, 11) is 0. The number of benzene rings is 2. The summed E-state index contributed by atoms with van der Waals surface area (Å²) in [5.41, 5.74) is 3.50. The summed E-state index contributed by atoms with van der Waals surface area (Å²) < 4.78 is 1.93. The molecule has 0 fully saturated rings. The first-order valence-corrected chi connectivity index (χ1v) is 10.6. The molecule has 0 aliphatic heterocycles. The lowest BCUT2D eigenvalue weighted by molar-refractivity contribution is -0.113. The van der Waals surface area contributed by atoms with E-state index in [9.17, 15) is 4.79 Å². The van der Waals surface area contributed by atoms with Crippen molar-refractivity contribution in [1.29, 1.82) is 0 Å². The van der Waals surface area contributed by atoms with Gasteiger partial charge in [-0.15, -0.1) is 10.2 Å². The van der Waals surface area contributed by atoms with E-state index in [1.807, 2.05) is 60.0 Å². The van der Waals surface area contributed by atoms with Gasteiger partial charge in [0.05, 0.1) is 16.5 Å². The maximum atomic E-state index is 12.4. The highest BCUT2D eigenvalue weighted by Crippen LogP contribution is 2.28. The maximum Gasteiger partial charge on any atom is 0.234 e. The molecule has 0 unspecified atom stereocenters. The zero-order valence-corrected chi connectivity index (χ0v) is 17.7. The topological polar surface area (TPSA) is 72.7 Å². The first-order chi connectivity index (χ1) is 14.6. The number of thioether (sulfide) groups is 1. The van der Waals surface area contributed by atoms with E-state index in [2.05, 4.69) is 20.5 Å². The average Bonchev–Trinajstić information content (AvgIpc) is 3.19. The van der Waals surface area contributed by atoms with Gasteiger partial charge in [-0.2, -0.15) is 0 Å². The first-order valence-electron chi connectivity index (χ1n) is 9.22. The van der Waals surface area contributed by atoms with Crippen molar-refractivity contribution in [2.24, 2.45) is 0 Å². The van der Waals surface area contributed by atoms with Crippen LogP contribution in [0.5, 0.6) is 0 Å². The lowest BCUT2D eigenvalue weighted by Gasteiger charge is -2.11. The van der Waals surface area contributed by atoms with Crippen LogP contribution < -0.4 is 5.32 Å². The van der Waals surface area contributed by atoms with Gasteiger partial charge >= 0.3 is 0 Å². The number of nitrogens with one attached hydrogen (secondary N) is 1. The first kappa shape index (κ1) is 20.1. The Kier molecular flexibility index (Phi) is 6.11. The highest BCUT2D eigenvalue weighted by molar-refractivity contribution is 7.99. The van der Waals surface area contributed by atoms with E-state index in [1.165, 1.54) is 11.8 Å². The van der Waals surface area contributed by atoms with E-state index in [4.69, 9.17) is 11.6 Å². The third kappa shape index (κ3) is 4.53. The minimum Gasteiger partial charge on any atom is -0.324 e. The number of halogens is 1. The predicted octanol–water partition coefficient (Wildman–Crippen LogP) is 5.02. The molecule has 0 aliphatic carbocycles. The maximum absolute atomic E-state index is 12.4. The van der Waals surface area contributed by atoms with Crippen LogP contribution in [-0.2, 0) is 4.79 Å². The normalized spacial score (nSPS) is 10.7. The minimum absolute atomic E-state index is 0.169. The van der Waals surface area contributed by atoms with Crippen LogP contribution >= 0.6 is 23.4 Å². The number of nitrogens with zero attached hydrogens (tertiary/aromatic N) is 4. The number of hydrogen-bond donors (Lipinski definition) is 1. The zero-order chi connectivity index (χ0) is 20.9. The molecule has 0 aliphatic rings. The molecule has 0 bridgehead atoms. The molecule has 0 radical (unpaired) electrons. The molecule has 0 atom stereocenters. The van der Waals surface area contributed by atoms with Gasteiger partial charge in [0.2, 0.25) is 5.91 Å². The Morgan fingerprint density at radius 1 is 1.07 bits per heavy atom. The number of rotatable bonds is 6. The van der Waals surface area contributed by atoms with Crippen molar-refractivity contribution in [2.45, 2.75) is 12.1 Å². The van der Waals surface area contributed by atoms with Gasteiger partial charge in [-0.05, 0) is 43.3 Å². The quantitative estimate of drug-likeness (QED) is 0.430. The second-order valence-electron chi connectivity index (χ2n) is 6.54. The van der Waals surface area contributed by atoms with Gasteiger partial charge in [0.1, 0.15) is 0 Å². The van der Waals surface area contributed by atoms with Crippen LogP contribution in [0.25, 0.3) is 17.1 Å². The van der Waals surface area contributed by atoms with Crippen LogP contribution in [0.4, 0.5) is 5.69 Å². The highest BCUT2D eigenvalue weighted by Gasteiger charge is 2.17. The zero-order valence-electron chi connectivity index (χ0n) is 16.1. The van der Waals surface area contributed by atoms with Gasteiger partial charge in [0, 0.05) is 23.6 Å². The molecule has 6 nitrogen and oxygen atoms in total. The monoisotopic (exact) mass is 435 g/mol. The van der Waals surface area contributed by atoms with Crippen LogP contribution in [-0.4, -0.2) is 31.4 Å². The van der Waals surface area contributed by atoms with Crippen LogP contribution in [0.2, 0.25) is 5.02 Å². The second kappa shape index (κ2) is 9.11. The number of para-hydroxylation sites is 1. The molecule has 2 aromatic heterocycles. The summed E-state index contributed by atoms with van der Waals surface area (Å²) in [5.74, 6) is 0.665. The SMILES string of the molecule is Cc1ccc(-n2c(SCC(=O)Nc3ccccc3Cl)nnc2-c2cccnc2)cc1. The Balaban J connectivity index is 1.60. The Bertz CT molecular complexity index is 1160. The molecule has 8 heteroatoms. The Morgan fingerprint density at radius 2 is 1.87 bits per heavy atom. The van der Waals surface area contributed by atoms with Crippen molar-refractivity contribution in [3.8, 4) is 17.1 Å². The van der Waals surface area contributed by atoms with E-state index in [-0.39, 0.29) is 11.7 Å². The molecule has 150 valence electrons. The molecule has 0 saturated heterocycles. The Hall–Kier alpha value is -3.16. The van der Waals surface area contributed by atoms with Crippen molar-refractivity contribution in [2.75, 3.05) is 11.1 Å². The molecule has 1 N–H and O–H groups in total. The molecule has 30 heavy (non-hydrogen) atoms. The third-order valence-electron chi connectivity index (χ3n) is 4.33. The second-order valence-corrected chi connectivity index (χ2v) is 7.89. The Labute approximate surface area is 183 Å². The van der Waals surface area contributed by atoms with Crippen molar-refractivity contribution >= 4 is 35.0 Å². The number of carbonyl (C=O) groups excluding carboxylic acids is 1. The standard InChI is InChI=1S/C22H18ClN5OS/c1-15-8-10-17(11-9-15)28-21(16-5-4-12-24-13-16)26-27-22(28)30-14-20(29)25-19-7-3-2-6-18(19)23/h2-13H,14H2,1H3,(H,25,29). The van der Waals surface area contributed by atoms with Crippen molar-refractivity contribution < 1.29 is 4.79 Å². The molecule has 4 rings (SSSR count). The summed E-state index contributed by atoms with van der Waals surface area (Å²) in [6, 6.07) is 19.0. The van der Waals surface area contributed by atoms with Gasteiger partial charge in [-0.25, -0.2) is 0 Å². The number of aromatic nitrogens is 4. The predicted molar refractivity (Wildman–Crippen MR) is 120 cm³/mol. The number of pyridine rings is 1. The molecule has 1 amide bonds. The number of hydrogen-bond acceptors (Lipinski definition) is 5. The number of amides is 1. The van der Waals surface area contributed by atoms with E-state index >= 15 is 0 Å². The van der Waals surface area contributed by atoms with Crippen LogP contribution in [0.3, 0.4) is 0 Å². The smallest absolute Gasteiger partial charge is 0.234 e. The molecule has 0 spiro atoms. The molecule has 2 heterocycles. The summed E-state index contributed by atoms with van der Waals surface area (Å²) in [6.07, 6.45) is 3.46. The fourth-order valence-corrected chi connectivity index (χ4v) is 3.79. The molecule has 4 aromatic rings. The molecular formula is C22H18ClN5OS. The number of anilines is 1. The van der Waals surface area contributed by atoms with E-state index in [1.54, 1.807) is 24.5 Å². The summed E-state index contributed by atoms with van der Waals surface area (Å²) in [6.45, 7) is 2.03. The lowest BCUT2D eigenvalue weighted by Crippen LogP contribution is -2.14. The van der Waals surface area contributed by atoms with Crippen LogP contribution in [0, 0.1) is 6.92 Å². The molecular weight excluding hydrogens is 418 g/mol. The van der Waals surface area contributed by atoms with E-state index < -0.39 is 0 Å². The molecule has 0 saturated carbocycles. The van der Waals surface area contributed by atoms with E-state index in [0.29, 0.717) is 21.7 Å². The van der Waals surface area contributed by atoms with Gasteiger partial charge in [0.15, 0.2) is 11.0 Å². The van der Waals surface area contributed by atoms with E-state index in [0.717, 1.165) is 16.8 Å². The number of aryl methyl sites for hydroxylation is 1. The largest absolute Gasteiger partial charge is 0.324 e. The third-order valence-corrected chi connectivity index (χ3v) is 5.58. The van der Waals surface area contributed by atoms with Crippen LogP contribution in [0.1, 0.15) is 5.56 Å². The fourth-order valence-electron chi connectivity index (χ4n) is 2.85. The average molecular weight is 436 g/mol. The van der Waals surface area contributed by atoms with Gasteiger partial charge < -0.3 is 5.32 Å². The van der Waals surface area contributed by atoms with Crippen LogP contribution in [0.15, 0.2) is 78.2 Å². The summed E-state index contributed by atoms with van der Waals surface area (Å²) in [5, 5.41) is 12.6. The fraction of sp³-hybridized carbons (Fsp3) is 0.0909. The lowest BCUT2D eigenvalue weighted by atomic mass is 10.2. The van der Waals surface area contributed by atoms with Gasteiger partial charge in [-0.1, -0.05) is 53.2 Å². The molecule has 2 aromatic carbocycles. The summed E-state index contributed by atoms with van der Waals surface area (Å²) in [4.78, 5) is 16.6. The van der Waals surface area contributed by atoms with Gasteiger partial charge in [0.25, 0.3) is 0 Å². The van der Waals surface area contributed by atoms with Gasteiger partial charge in [-0.3, -0.25) is 14.3 Å². The van der Waals surface area contributed by atoms with Crippen molar-refractivity contribution in [1.82, 2.24) is 19.7 Å². The van der Waals surface area contributed by atoms with Crippen molar-refractivity contribution in [3.05, 3.63) is 83.6 Å². The minimum atomic E-state index is -0.172. The number of carbonyl (C=O) groups is 1. The van der Waals surface area contributed by atoms with Crippen molar-refractivity contribution in [3.63, 3.8) is 0 Å².